The predicted octanol–water partition coefficient (Wildman–Crippen LogP) is 1.94. The van der Waals surface area contributed by atoms with Gasteiger partial charge in [0.25, 0.3) is 0 Å². The molecule has 0 aliphatic heterocycles. The fraction of sp³-hybridized carbons (Fsp3) is 0.227. The number of carboxylic acids is 2. The minimum atomic E-state index is -1.26. The van der Waals surface area contributed by atoms with Crippen LogP contribution in [0.2, 0.25) is 0 Å². The van der Waals surface area contributed by atoms with Gasteiger partial charge >= 0.3 is 11.9 Å². The fourth-order valence-electron chi connectivity index (χ4n) is 2.68. The van der Waals surface area contributed by atoms with Gasteiger partial charge in [-0.3, -0.25) is 4.79 Å². The number of carbonyl (C=O) groups is 3. The Morgan fingerprint density at radius 1 is 1.00 bits per heavy atom. The molecule has 30 heavy (non-hydrogen) atoms. The van der Waals surface area contributed by atoms with Gasteiger partial charge in [0.05, 0.1) is 19.2 Å². The standard InChI is InChI=1S/C18H22N2O2.C4H4O4/c1-18(20-17(21)13-19,12-14-6-4-3-5-7-14)15-8-10-16(22-2)11-9-15;5-3(6)1-2-4(7)8/h3-11H,12-13,19H2,1-2H3,(H,20,21);1-2H,(H,5,6)(H,7,8). The van der Waals surface area contributed by atoms with E-state index in [1.54, 1.807) is 7.11 Å². The van der Waals surface area contributed by atoms with Crippen LogP contribution in [0.25, 0.3) is 0 Å². The molecular weight excluding hydrogens is 388 g/mol. The molecule has 2 aromatic rings. The first-order valence-corrected chi connectivity index (χ1v) is 9.03. The zero-order chi connectivity index (χ0) is 22.6. The van der Waals surface area contributed by atoms with Crippen LogP contribution in [-0.2, 0) is 26.3 Å². The average molecular weight is 414 g/mol. The number of hydrogen-bond acceptors (Lipinski definition) is 5. The van der Waals surface area contributed by atoms with Crippen LogP contribution >= 0.6 is 0 Å². The van der Waals surface area contributed by atoms with Crippen LogP contribution in [0.3, 0.4) is 0 Å². The molecule has 1 amide bonds. The highest BCUT2D eigenvalue weighted by atomic mass is 16.5. The first-order chi connectivity index (χ1) is 14.2. The number of ether oxygens (including phenoxy) is 1. The molecule has 0 fully saturated rings. The van der Waals surface area contributed by atoms with Gasteiger partial charge in [0.15, 0.2) is 0 Å². The van der Waals surface area contributed by atoms with Crippen molar-refractivity contribution < 1.29 is 29.3 Å². The molecule has 0 bridgehead atoms. The Balaban J connectivity index is 0.000000479. The molecule has 0 saturated heterocycles. The molecule has 8 nitrogen and oxygen atoms in total. The third-order valence-corrected chi connectivity index (χ3v) is 4.10. The molecule has 2 aromatic carbocycles. The molecule has 160 valence electrons. The van der Waals surface area contributed by atoms with Gasteiger partial charge in [-0.15, -0.1) is 0 Å². The number of hydrogen-bond donors (Lipinski definition) is 4. The molecule has 1 atom stereocenters. The Bertz CT molecular complexity index is 849. The Morgan fingerprint density at radius 2 is 1.53 bits per heavy atom. The van der Waals surface area contributed by atoms with Crippen molar-refractivity contribution in [3.63, 3.8) is 0 Å². The maximum atomic E-state index is 11.9. The van der Waals surface area contributed by atoms with Gasteiger partial charge in [-0.05, 0) is 36.6 Å². The Kier molecular flexibility index (Phi) is 9.78. The van der Waals surface area contributed by atoms with Crippen molar-refractivity contribution in [2.75, 3.05) is 13.7 Å². The fourth-order valence-corrected chi connectivity index (χ4v) is 2.68. The van der Waals surface area contributed by atoms with E-state index in [-0.39, 0.29) is 12.5 Å². The first kappa shape index (κ1) is 24.4. The summed E-state index contributed by atoms with van der Waals surface area (Å²) in [6.45, 7) is 1.98. The molecular formula is C22H26N2O6. The summed E-state index contributed by atoms with van der Waals surface area (Å²) in [5, 5.41) is 18.7. The number of aliphatic carboxylic acids is 2. The Morgan fingerprint density at radius 3 is 1.97 bits per heavy atom. The van der Waals surface area contributed by atoms with Crippen LogP contribution in [0.1, 0.15) is 18.1 Å². The van der Waals surface area contributed by atoms with Crippen molar-refractivity contribution >= 4 is 17.8 Å². The Hall–Kier alpha value is -3.65. The molecule has 8 heteroatoms. The van der Waals surface area contributed by atoms with Crippen LogP contribution in [0.5, 0.6) is 5.75 Å². The third kappa shape index (κ3) is 8.57. The van der Waals surface area contributed by atoms with Gasteiger partial charge < -0.3 is 26.0 Å². The van der Waals surface area contributed by atoms with Gasteiger partial charge in [-0.2, -0.15) is 0 Å². The number of nitrogens with two attached hydrogens (primary N) is 1. The largest absolute Gasteiger partial charge is 0.497 e. The topological polar surface area (TPSA) is 139 Å². The summed E-state index contributed by atoms with van der Waals surface area (Å²) < 4.78 is 5.20. The lowest BCUT2D eigenvalue weighted by atomic mass is 9.85. The lowest BCUT2D eigenvalue weighted by Crippen LogP contribution is -2.47. The van der Waals surface area contributed by atoms with Gasteiger partial charge in [0.2, 0.25) is 5.91 Å². The second kappa shape index (κ2) is 12.0. The number of nitrogens with one attached hydrogen (secondary N) is 1. The van der Waals surface area contributed by atoms with Gasteiger partial charge in [0.1, 0.15) is 5.75 Å². The highest BCUT2D eigenvalue weighted by molar-refractivity contribution is 5.89. The summed E-state index contributed by atoms with van der Waals surface area (Å²) in [5.41, 5.74) is 7.10. The van der Waals surface area contributed by atoms with E-state index >= 15 is 0 Å². The second-order valence-corrected chi connectivity index (χ2v) is 6.49. The molecule has 5 N–H and O–H groups in total. The number of benzene rings is 2. The van der Waals surface area contributed by atoms with Crippen molar-refractivity contribution in [3.05, 3.63) is 77.9 Å². The summed E-state index contributed by atoms with van der Waals surface area (Å²) >= 11 is 0. The number of carbonyl (C=O) groups excluding carboxylic acids is 1. The summed E-state index contributed by atoms with van der Waals surface area (Å²) in [6, 6.07) is 17.8. The Labute approximate surface area is 175 Å². The summed E-state index contributed by atoms with van der Waals surface area (Å²) in [5.74, 6) is -1.90. The highest BCUT2D eigenvalue weighted by Crippen LogP contribution is 2.27. The zero-order valence-corrected chi connectivity index (χ0v) is 16.9. The van der Waals surface area contributed by atoms with E-state index in [1.807, 2.05) is 49.4 Å². The SMILES string of the molecule is COc1ccc(C(C)(Cc2ccccc2)NC(=O)CN)cc1.O=C(O)C=CC(=O)O. The summed E-state index contributed by atoms with van der Waals surface area (Å²) in [7, 11) is 1.63. The van der Waals surface area contributed by atoms with E-state index < -0.39 is 17.5 Å². The summed E-state index contributed by atoms with van der Waals surface area (Å²) in [4.78, 5) is 31.0. The van der Waals surface area contributed by atoms with E-state index in [0.29, 0.717) is 18.6 Å². The van der Waals surface area contributed by atoms with E-state index in [4.69, 9.17) is 20.7 Å². The minimum Gasteiger partial charge on any atom is -0.497 e. The van der Waals surface area contributed by atoms with Crippen molar-refractivity contribution in [1.29, 1.82) is 0 Å². The molecule has 1 unspecified atom stereocenters. The van der Waals surface area contributed by atoms with Crippen LogP contribution in [0.15, 0.2) is 66.7 Å². The number of methoxy groups -OCH3 is 1. The second-order valence-electron chi connectivity index (χ2n) is 6.49. The lowest BCUT2D eigenvalue weighted by Gasteiger charge is -2.32. The number of carboxylic acid groups (broad SMARTS) is 2. The van der Waals surface area contributed by atoms with Crippen LogP contribution in [-0.4, -0.2) is 41.7 Å². The van der Waals surface area contributed by atoms with Crippen molar-refractivity contribution in [3.8, 4) is 5.75 Å². The first-order valence-electron chi connectivity index (χ1n) is 9.03. The van der Waals surface area contributed by atoms with Crippen molar-refractivity contribution in [1.82, 2.24) is 5.32 Å². The predicted molar refractivity (Wildman–Crippen MR) is 112 cm³/mol. The average Bonchev–Trinajstić information content (AvgIpc) is 2.73. The summed E-state index contributed by atoms with van der Waals surface area (Å²) in [6.07, 6.45) is 1.80. The molecule has 2 rings (SSSR count). The molecule has 0 aliphatic carbocycles. The van der Waals surface area contributed by atoms with Crippen molar-refractivity contribution in [2.24, 2.45) is 5.73 Å². The molecule has 0 aromatic heterocycles. The van der Waals surface area contributed by atoms with Gasteiger partial charge in [-0.1, -0.05) is 42.5 Å². The van der Waals surface area contributed by atoms with E-state index in [2.05, 4.69) is 17.4 Å². The minimum absolute atomic E-state index is 0.0272. The molecule has 0 spiro atoms. The maximum Gasteiger partial charge on any atom is 0.328 e. The maximum absolute atomic E-state index is 11.9. The van der Waals surface area contributed by atoms with Crippen molar-refractivity contribution in [2.45, 2.75) is 18.9 Å². The molecule has 0 aliphatic rings. The highest BCUT2D eigenvalue weighted by Gasteiger charge is 2.28. The normalized spacial score (nSPS) is 12.2. The van der Waals surface area contributed by atoms with Gasteiger partial charge in [-0.25, -0.2) is 9.59 Å². The van der Waals surface area contributed by atoms with Crippen LogP contribution in [0.4, 0.5) is 0 Å². The van der Waals surface area contributed by atoms with E-state index in [1.165, 1.54) is 0 Å². The number of amides is 1. The molecule has 0 radical (unpaired) electrons. The third-order valence-electron chi connectivity index (χ3n) is 4.10. The van der Waals surface area contributed by atoms with Gasteiger partial charge in [0, 0.05) is 12.2 Å². The lowest BCUT2D eigenvalue weighted by molar-refractivity contribution is -0.134. The quantitative estimate of drug-likeness (QED) is 0.484. The van der Waals surface area contributed by atoms with E-state index in [0.717, 1.165) is 16.9 Å². The number of rotatable bonds is 8. The van der Waals surface area contributed by atoms with Crippen LogP contribution < -0.4 is 15.8 Å². The zero-order valence-electron chi connectivity index (χ0n) is 16.9. The van der Waals surface area contributed by atoms with E-state index in [9.17, 15) is 14.4 Å². The van der Waals surface area contributed by atoms with Crippen LogP contribution in [0, 0.1) is 0 Å². The smallest absolute Gasteiger partial charge is 0.328 e. The monoisotopic (exact) mass is 414 g/mol. The molecule has 0 saturated carbocycles. The molecule has 0 heterocycles.